The second-order valence-corrected chi connectivity index (χ2v) is 9.16. The van der Waals surface area contributed by atoms with E-state index >= 15 is 0 Å². The van der Waals surface area contributed by atoms with Crippen molar-refractivity contribution in [3.63, 3.8) is 0 Å². The fourth-order valence-corrected chi connectivity index (χ4v) is 5.34. The summed E-state index contributed by atoms with van der Waals surface area (Å²) in [4.78, 5) is 2.50. The topological polar surface area (TPSA) is 59.1 Å². The van der Waals surface area contributed by atoms with Crippen LogP contribution in [0.15, 0.2) is 24.3 Å². The summed E-state index contributed by atoms with van der Waals surface area (Å²) in [7, 11) is -3.32. The number of hydrogen-bond acceptors (Lipinski definition) is 5. The molecule has 0 N–H and O–H groups in total. The summed E-state index contributed by atoms with van der Waals surface area (Å²) in [6.07, 6.45) is 4.15. The van der Waals surface area contributed by atoms with Gasteiger partial charge in [-0.15, -0.1) is 0 Å². The van der Waals surface area contributed by atoms with Gasteiger partial charge in [-0.25, -0.2) is 8.42 Å². The maximum atomic E-state index is 12.2. The predicted molar refractivity (Wildman–Crippen MR) is 96.3 cm³/mol. The van der Waals surface area contributed by atoms with Crippen molar-refractivity contribution >= 4 is 15.7 Å². The lowest BCUT2D eigenvalue weighted by Gasteiger charge is -2.43. The number of fused-ring (bicyclic) bond motifs is 2. The molecule has 1 aromatic carbocycles. The Bertz CT molecular complexity index is 722. The van der Waals surface area contributed by atoms with Crippen molar-refractivity contribution in [1.82, 2.24) is 4.90 Å². The summed E-state index contributed by atoms with van der Waals surface area (Å²) in [5.41, 5.74) is 1.41. The summed E-state index contributed by atoms with van der Waals surface area (Å²) in [6.45, 7) is 4.40. The van der Waals surface area contributed by atoms with Crippen LogP contribution >= 0.6 is 0 Å². The molecule has 3 heterocycles. The van der Waals surface area contributed by atoms with Crippen molar-refractivity contribution in [1.29, 1.82) is 0 Å². The first kappa shape index (κ1) is 17.3. The molecule has 0 bridgehead atoms. The zero-order chi connectivity index (χ0) is 17.5. The number of likely N-dealkylation sites (tertiary alicyclic amines) is 1. The van der Waals surface area contributed by atoms with E-state index in [9.17, 15) is 8.42 Å². The monoisotopic (exact) mass is 366 g/mol. The molecular weight excluding hydrogens is 340 g/mol. The molecule has 1 atom stereocenters. The summed E-state index contributed by atoms with van der Waals surface area (Å²) in [5.74, 6) is 0. The van der Waals surface area contributed by atoms with E-state index in [0.29, 0.717) is 19.2 Å². The number of ether oxygens (including phenoxy) is 2. The van der Waals surface area contributed by atoms with Gasteiger partial charge in [0.15, 0.2) is 0 Å². The van der Waals surface area contributed by atoms with E-state index in [4.69, 9.17) is 9.47 Å². The van der Waals surface area contributed by atoms with Crippen molar-refractivity contribution in [2.45, 2.75) is 30.9 Å². The Morgan fingerprint density at radius 2 is 1.88 bits per heavy atom. The Kier molecular flexibility index (Phi) is 4.52. The van der Waals surface area contributed by atoms with Crippen LogP contribution in [0.1, 0.15) is 24.8 Å². The Balaban J connectivity index is 1.63. The van der Waals surface area contributed by atoms with Crippen molar-refractivity contribution in [3.8, 4) is 0 Å². The van der Waals surface area contributed by atoms with Crippen LogP contribution in [0.5, 0.6) is 0 Å². The highest BCUT2D eigenvalue weighted by atomic mass is 32.2. The number of sulfonamides is 1. The van der Waals surface area contributed by atoms with Crippen LogP contribution in [0.25, 0.3) is 0 Å². The molecule has 138 valence electrons. The smallest absolute Gasteiger partial charge is 0.232 e. The molecule has 4 rings (SSSR count). The van der Waals surface area contributed by atoms with Gasteiger partial charge in [0, 0.05) is 31.3 Å². The Hall–Kier alpha value is -1.15. The summed E-state index contributed by atoms with van der Waals surface area (Å²) in [6, 6.07) is 8.34. The zero-order valence-electron chi connectivity index (χ0n) is 14.7. The molecule has 0 amide bonds. The van der Waals surface area contributed by atoms with Crippen molar-refractivity contribution in [2.24, 2.45) is 0 Å². The summed E-state index contributed by atoms with van der Waals surface area (Å²) < 4.78 is 37.8. The van der Waals surface area contributed by atoms with Gasteiger partial charge in [0.1, 0.15) is 0 Å². The average Bonchev–Trinajstić information content (AvgIpc) is 3.07. The highest BCUT2D eigenvalue weighted by Gasteiger charge is 2.43. The third-order valence-corrected chi connectivity index (χ3v) is 6.94. The molecule has 1 spiro atoms. The quantitative estimate of drug-likeness (QED) is 0.795. The summed E-state index contributed by atoms with van der Waals surface area (Å²) in [5, 5.41) is 0. The van der Waals surface area contributed by atoms with Gasteiger partial charge in [-0.05, 0) is 25.3 Å². The largest absolute Gasteiger partial charge is 0.380 e. The fraction of sp³-hybridized carbons (Fsp3) is 0.667. The lowest BCUT2D eigenvalue weighted by Crippen LogP contribution is -2.48. The highest BCUT2D eigenvalue weighted by molar-refractivity contribution is 7.92. The van der Waals surface area contributed by atoms with Gasteiger partial charge in [0.05, 0.1) is 37.3 Å². The molecule has 6 nitrogen and oxygen atoms in total. The van der Waals surface area contributed by atoms with Crippen molar-refractivity contribution in [3.05, 3.63) is 29.8 Å². The summed E-state index contributed by atoms with van der Waals surface area (Å²) >= 11 is 0. The number of hydrogen-bond donors (Lipinski definition) is 0. The van der Waals surface area contributed by atoms with Crippen LogP contribution in [0.4, 0.5) is 5.69 Å². The number of benzene rings is 1. The lowest BCUT2D eigenvalue weighted by molar-refractivity contribution is -0.0890. The van der Waals surface area contributed by atoms with E-state index in [0.717, 1.165) is 56.8 Å². The van der Waals surface area contributed by atoms with Crippen LogP contribution in [0.2, 0.25) is 0 Å². The molecule has 3 aliphatic rings. The van der Waals surface area contributed by atoms with E-state index in [1.165, 1.54) is 10.6 Å². The minimum absolute atomic E-state index is 0.373. The SMILES string of the molecule is CS(=O)(=O)N1CCOC2(CCN(C3CCOC3)CC2)c2ccccc21. The minimum Gasteiger partial charge on any atom is -0.380 e. The van der Waals surface area contributed by atoms with Crippen LogP contribution in [-0.4, -0.2) is 65.1 Å². The molecule has 1 aromatic rings. The first-order valence-electron chi connectivity index (χ1n) is 9.03. The van der Waals surface area contributed by atoms with E-state index in [-0.39, 0.29) is 5.60 Å². The lowest BCUT2D eigenvalue weighted by atomic mass is 9.82. The van der Waals surface area contributed by atoms with Crippen LogP contribution < -0.4 is 4.31 Å². The molecule has 25 heavy (non-hydrogen) atoms. The van der Waals surface area contributed by atoms with Crippen LogP contribution in [-0.2, 0) is 25.1 Å². The van der Waals surface area contributed by atoms with E-state index in [2.05, 4.69) is 4.90 Å². The van der Waals surface area contributed by atoms with E-state index in [1.807, 2.05) is 24.3 Å². The standard InChI is InChI=1S/C18H26N2O4S/c1-25(21,22)20-11-13-24-18(16-4-2-3-5-17(16)20)7-9-19(10-8-18)15-6-12-23-14-15/h2-5,15H,6-14H2,1H3. The van der Waals surface area contributed by atoms with Gasteiger partial charge in [-0.3, -0.25) is 9.21 Å². The maximum absolute atomic E-state index is 12.2. The second kappa shape index (κ2) is 6.54. The normalized spacial score (nSPS) is 27.2. The average molecular weight is 366 g/mol. The van der Waals surface area contributed by atoms with Gasteiger partial charge in [0.2, 0.25) is 10.0 Å². The molecular formula is C18H26N2O4S. The third kappa shape index (κ3) is 3.18. The van der Waals surface area contributed by atoms with Gasteiger partial charge in [-0.1, -0.05) is 18.2 Å². The molecule has 2 fully saturated rings. The molecule has 2 saturated heterocycles. The first-order valence-corrected chi connectivity index (χ1v) is 10.9. The molecule has 7 heteroatoms. The van der Waals surface area contributed by atoms with Crippen LogP contribution in [0.3, 0.4) is 0 Å². The minimum atomic E-state index is -3.32. The number of para-hydroxylation sites is 1. The van der Waals surface area contributed by atoms with Crippen molar-refractivity contribution < 1.29 is 17.9 Å². The highest BCUT2D eigenvalue weighted by Crippen LogP contribution is 2.44. The first-order chi connectivity index (χ1) is 12.0. The number of rotatable bonds is 2. The van der Waals surface area contributed by atoms with Crippen molar-refractivity contribution in [2.75, 3.05) is 50.0 Å². The van der Waals surface area contributed by atoms with Gasteiger partial charge >= 0.3 is 0 Å². The predicted octanol–water partition coefficient (Wildman–Crippen LogP) is 1.56. The fourth-order valence-electron chi connectivity index (χ4n) is 4.42. The van der Waals surface area contributed by atoms with Gasteiger partial charge < -0.3 is 9.47 Å². The van der Waals surface area contributed by atoms with Crippen LogP contribution in [0, 0.1) is 0 Å². The van der Waals surface area contributed by atoms with E-state index in [1.54, 1.807) is 0 Å². The molecule has 1 unspecified atom stereocenters. The molecule has 0 radical (unpaired) electrons. The third-order valence-electron chi connectivity index (χ3n) is 5.76. The second-order valence-electron chi connectivity index (χ2n) is 7.25. The van der Waals surface area contributed by atoms with Gasteiger partial charge in [0.25, 0.3) is 0 Å². The number of nitrogens with zero attached hydrogens (tertiary/aromatic N) is 2. The number of piperidine rings is 1. The number of anilines is 1. The molecule has 0 aromatic heterocycles. The van der Waals surface area contributed by atoms with Gasteiger partial charge in [-0.2, -0.15) is 0 Å². The Labute approximate surface area is 149 Å². The Morgan fingerprint density at radius 3 is 2.56 bits per heavy atom. The van der Waals surface area contributed by atoms with E-state index < -0.39 is 10.0 Å². The molecule has 0 saturated carbocycles. The molecule has 0 aliphatic carbocycles. The molecule has 3 aliphatic heterocycles. The zero-order valence-corrected chi connectivity index (χ0v) is 15.5. The maximum Gasteiger partial charge on any atom is 0.232 e. The Morgan fingerprint density at radius 1 is 1.12 bits per heavy atom.